The second-order valence-corrected chi connectivity index (χ2v) is 9.33. The number of hydrogen-bond acceptors (Lipinski definition) is 2. The average molecular weight is 483 g/mol. The number of hydrogen-bond donors (Lipinski definition) is 0. The Morgan fingerprint density at radius 2 is 1.48 bits per heavy atom. The van der Waals surface area contributed by atoms with E-state index in [2.05, 4.69) is 72.8 Å². The largest absolute Gasteiger partial charge is 0.340 e. The molecule has 25 heavy (non-hydrogen) atoms. The van der Waals surface area contributed by atoms with E-state index in [1.165, 1.54) is 46.4 Å². The van der Waals surface area contributed by atoms with Crippen molar-refractivity contribution >= 4 is 70.5 Å². The lowest BCUT2D eigenvalue weighted by atomic mass is 10.2. The van der Waals surface area contributed by atoms with Gasteiger partial charge in [0.05, 0.1) is 0 Å². The van der Waals surface area contributed by atoms with Crippen molar-refractivity contribution < 1.29 is 4.79 Å². The van der Waals surface area contributed by atoms with Crippen LogP contribution in [0.25, 0.3) is 21.8 Å². The molecule has 0 radical (unpaired) electrons. The van der Waals surface area contributed by atoms with Gasteiger partial charge in [0.25, 0.3) is 0 Å². The fraction of sp³-hybridized carbons (Fsp3) is 0.350. The fourth-order valence-corrected chi connectivity index (χ4v) is 4.59. The van der Waals surface area contributed by atoms with Gasteiger partial charge in [-0.15, -0.1) is 0 Å². The molecule has 2 nitrogen and oxygen atoms in total. The van der Waals surface area contributed by atoms with Crippen LogP contribution in [-0.2, 0) is 11.3 Å². The lowest BCUT2D eigenvalue weighted by Gasteiger charge is -2.08. The van der Waals surface area contributed by atoms with Crippen LogP contribution in [0.3, 0.4) is 0 Å². The number of halogens is 2. The second kappa shape index (κ2) is 8.74. The Hall–Kier alpha value is -0.780. The topological polar surface area (TPSA) is 22.0 Å². The number of aryl methyl sites for hydroxylation is 1. The summed E-state index contributed by atoms with van der Waals surface area (Å²) in [6.07, 6.45) is 4.67. The Bertz CT molecular complexity index is 844. The number of carbonyl (C=O) groups is 1. The van der Waals surface area contributed by atoms with Gasteiger partial charge in [-0.2, -0.15) is 0 Å². The van der Waals surface area contributed by atoms with E-state index in [9.17, 15) is 4.79 Å². The van der Waals surface area contributed by atoms with Crippen LogP contribution >= 0.6 is 43.6 Å². The summed E-state index contributed by atoms with van der Waals surface area (Å²) in [7, 11) is 0. The minimum Gasteiger partial charge on any atom is -0.340 e. The van der Waals surface area contributed by atoms with E-state index in [-0.39, 0.29) is 5.12 Å². The molecule has 0 aliphatic heterocycles. The molecule has 0 bridgehead atoms. The van der Waals surface area contributed by atoms with Gasteiger partial charge in [0.1, 0.15) is 0 Å². The van der Waals surface area contributed by atoms with E-state index in [1.54, 1.807) is 6.92 Å². The highest BCUT2D eigenvalue weighted by Gasteiger charge is 2.11. The summed E-state index contributed by atoms with van der Waals surface area (Å²) in [4.78, 5) is 10.9. The summed E-state index contributed by atoms with van der Waals surface area (Å²) in [6.45, 7) is 2.67. The number of benzene rings is 2. The molecule has 0 unspecified atom stereocenters. The number of carbonyl (C=O) groups excluding carboxylic acids is 1. The monoisotopic (exact) mass is 481 g/mol. The Kier molecular flexibility index (Phi) is 6.64. The van der Waals surface area contributed by atoms with Gasteiger partial charge in [0, 0.05) is 50.0 Å². The summed E-state index contributed by atoms with van der Waals surface area (Å²) in [5.74, 6) is 0.951. The normalized spacial score (nSPS) is 11.5. The van der Waals surface area contributed by atoms with Crippen LogP contribution in [0, 0.1) is 0 Å². The molecule has 5 heteroatoms. The molecule has 0 fully saturated rings. The molecule has 0 amide bonds. The van der Waals surface area contributed by atoms with Gasteiger partial charge in [-0.05, 0) is 49.2 Å². The number of nitrogens with zero attached hydrogens (tertiary/aromatic N) is 1. The van der Waals surface area contributed by atoms with Crippen molar-refractivity contribution in [3.8, 4) is 0 Å². The third-order valence-electron chi connectivity index (χ3n) is 4.37. The quantitative estimate of drug-likeness (QED) is 0.333. The minimum absolute atomic E-state index is 0.225. The van der Waals surface area contributed by atoms with Crippen molar-refractivity contribution in [2.24, 2.45) is 0 Å². The molecule has 1 aromatic heterocycles. The van der Waals surface area contributed by atoms with Gasteiger partial charge in [0.2, 0.25) is 0 Å². The molecule has 0 aliphatic carbocycles. The summed E-state index contributed by atoms with van der Waals surface area (Å²) in [5.41, 5.74) is 2.59. The number of fused-ring (bicyclic) bond motifs is 3. The minimum atomic E-state index is 0.225. The predicted octanol–water partition coefficient (Wildman–Crippen LogP) is 7.16. The molecule has 3 aromatic rings. The third kappa shape index (κ3) is 4.69. The second-order valence-electron chi connectivity index (χ2n) is 6.23. The van der Waals surface area contributed by atoms with E-state index < -0.39 is 0 Å². The lowest BCUT2D eigenvalue weighted by molar-refractivity contribution is -0.109. The van der Waals surface area contributed by atoms with Crippen LogP contribution in [0.1, 0.15) is 32.6 Å². The van der Waals surface area contributed by atoms with Gasteiger partial charge in [-0.1, -0.05) is 56.5 Å². The van der Waals surface area contributed by atoms with Crippen molar-refractivity contribution in [2.75, 3.05) is 5.75 Å². The molecule has 0 saturated heterocycles. The molecule has 2 aromatic carbocycles. The molecule has 0 aliphatic rings. The Balaban J connectivity index is 1.73. The maximum absolute atomic E-state index is 10.9. The molecule has 3 rings (SSSR count). The Morgan fingerprint density at radius 3 is 2.04 bits per heavy atom. The molecule has 0 N–H and O–H groups in total. The molecule has 132 valence electrons. The van der Waals surface area contributed by atoms with Gasteiger partial charge in [0.15, 0.2) is 5.12 Å². The van der Waals surface area contributed by atoms with Crippen LogP contribution in [-0.4, -0.2) is 15.4 Å². The SMILES string of the molecule is CC(=O)SCCCCCCn1c2ccc(Br)cc2c2cc(Br)ccc21. The van der Waals surface area contributed by atoms with Gasteiger partial charge in [-0.3, -0.25) is 4.79 Å². The van der Waals surface area contributed by atoms with Crippen molar-refractivity contribution in [3.05, 3.63) is 45.3 Å². The van der Waals surface area contributed by atoms with Crippen LogP contribution in [0.4, 0.5) is 0 Å². The Morgan fingerprint density at radius 1 is 0.920 bits per heavy atom. The number of thioether (sulfide) groups is 1. The van der Waals surface area contributed by atoms with E-state index in [0.717, 1.165) is 34.1 Å². The standard InChI is InChI=1S/C20H21Br2NOS/c1-14(24)25-11-5-3-2-4-10-23-19-8-6-15(21)12-17(19)18-13-16(22)7-9-20(18)23/h6-9,12-13H,2-5,10-11H2,1H3. The van der Waals surface area contributed by atoms with Crippen molar-refractivity contribution in [2.45, 2.75) is 39.2 Å². The first-order valence-electron chi connectivity index (χ1n) is 8.56. The van der Waals surface area contributed by atoms with Gasteiger partial charge >= 0.3 is 0 Å². The molecule has 0 spiro atoms. The third-order valence-corrected chi connectivity index (χ3v) is 6.26. The maximum atomic E-state index is 10.9. The zero-order valence-electron chi connectivity index (χ0n) is 14.2. The van der Waals surface area contributed by atoms with E-state index in [0.29, 0.717) is 0 Å². The summed E-state index contributed by atoms with van der Waals surface area (Å²) < 4.78 is 4.66. The van der Waals surface area contributed by atoms with Crippen LogP contribution in [0.15, 0.2) is 45.3 Å². The first-order chi connectivity index (χ1) is 12.1. The Labute approximate surface area is 169 Å². The van der Waals surface area contributed by atoms with Crippen LogP contribution < -0.4 is 0 Å². The lowest BCUT2D eigenvalue weighted by Crippen LogP contribution is -1.98. The first kappa shape index (κ1) is 19.0. The highest BCUT2D eigenvalue weighted by molar-refractivity contribution is 9.10. The fourth-order valence-electron chi connectivity index (χ4n) is 3.23. The van der Waals surface area contributed by atoms with Gasteiger partial charge < -0.3 is 4.57 Å². The predicted molar refractivity (Wildman–Crippen MR) is 116 cm³/mol. The van der Waals surface area contributed by atoms with Crippen molar-refractivity contribution in [3.63, 3.8) is 0 Å². The van der Waals surface area contributed by atoms with E-state index in [1.807, 2.05) is 0 Å². The highest BCUT2D eigenvalue weighted by Crippen LogP contribution is 2.33. The molecule has 1 heterocycles. The number of aromatic nitrogens is 1. The smallest absolute Gasteiger partial charge is 0.185 e. The number of rotatable bonds is 7. The van der Waals surface area contributed by atoms with Crippen molar-refractivity contribution in [1.29, 1.82) is 0 Å². The van der Waals surface area contributed by atoms with E-state index in [4.69, 9.17) is 0 Å². The number of unbranched alkanes of at least 4 members (excludes halogenated alkanes) is 3. The first-order valence-corrected chi connectivity index (χ1v) is 11.1. The molecule has 0 atom stereocenters. The van der Waals surface area contributed by atoms with Crippen LogP contribution in [0.2, 0.25) is 0 Å². The van der Waals surface area contributed by atoms with E-state index >= 15 is 0 Å². The molecule has 0 saturated carbocycles. The molecular formula is C20H21Br2NOS. The zero-order valence-corrected chi connectivity index (χ0v) is 18.2. The summed E-state index contributed by atoms with van der Waals surface area (Å²) in [5, 5.41) is 2.81. The van der Waals surface area contributed by atoms with Crippen LogP contribution in [0.5, 0.6) is 0 Å². The van der Waals surface area contributed by atoms with Crippen molar-refractivity contribution in [1.82, 2.24) is 4.57 Å². The zero-order chi connectivity index (χ0) is 17.8. The average Bonchev–Trinajstić information content (AvgIpc) is 2.86. The maximum Gasteiger partial charge on any atom is 0.185 e. The summed E-state index contributed by atoms with van der Waals surface area (Å²) in [6, 6.07) is 13.1. The summed E-state index contributed by atoms with van der Waals surface area (Å²) >= 11 is 8.63. The highest BCUT2D eigenvalue weighted by atomic mass is 79.9. The van der Waals surface area contributed by atoms with Gasteiger partial charge in [-0.25, -0.2) is 0 Å². The molecular weight excluding hydrogens is 462 g/mol.